The van der Waals surface area contributed by atoms with Gasteiger partial charge in [0.2, 0.25) is 0 Å². The van der Waals surface area contributed by atoms with Crippen LogP contribution in [0.1, 0.15) is 5.69 Å². The van der Waals surface area contributed by atoms with Gasteiger partial charge in [0.15, 0.2) is 0 Å². The lowest BCUT2D eigenvalue weighted by molar-refractivity contribution is 1.28. The molecule has 17 heavy (non-hydrogen) atoms. The molecule has 0 radical (unpaired) electrons. The van der Waals surface area contributed by atoms with E-state index in [9.17, 15) is 0 Å². The van der Waals surface area contributed by atoms with Crippen molar-refractivity contribution in [1.29, 1.82) is 0 Å². The minimum Gasteiger partial charge on any atom is -0.389 e. The Morgan fingerprint density at radius 2 is 1.88 bits per heavy atom. The van der Waals surface area contributed by atoms with Crippen molar-refractivity contribution in [2.45, 2.75) is 6.92 Å². The van der Waals surface area contributed by atoms with Gasteiger partial charge in [-0.25, -0.2) is 4.98 Å². The van der Waals surface area contributed by atoms with E-state index in [1.807, 2.05) is 6.92 Å². The predicted octanol–water partition coefficient (Wildman–Crippen LogP) is 4.49. The summed E-state index contributed by atoms with van der Waals surface area (Å²) >= 11 is 5.09. The van der Waals surface area contributed by atoms with Crippen LogP contribution in [0.5, 0.6) is 0 Å². The van der Waals surface area contributed by atoms with Crippen molar-refractivity contribution in [3.63, 3.8) is 0 Å². The van der Waals surface area contributed by atoms with Gasteiger partial charge in [-0.3, -0.25) is 0 Å². The molecule has 0 spiro atoms. The van der Waals surface area contributed by atoms with Crippen LogP contribution in [0.4, 0.5) is 5.00 Å². The SMILES string of the molecule is Cc1nc(-c2ccc(-c3cccs3)s2)sc1N. The third-order valence-electron chi connectivity index (χ3n) is 2.41. The van der Waals surface area contributed by atoms with Crippen molar-refractivity contribution in [2.75, 3.05) is 5.73 Å². The van der Waals surface area contributed by atoms with E-state index >= 15 is 0 Å². The first-order valence-electron chi connectivity index (χ1n) is 5.11. The molecule has 5 heteroatoms. The Morgan fingerprint density at radius 1 is 1.06 bits per heavy atom. The fourth-order valence-electron chi connectivity index (χ4n) is 1.52. The van der Waals surface area contributed by atoms with E-state index in [-0.39, 0.29) is 0 Å². The molecule has 2 N–H and O–H groups in total. The van der Waals surface area contributed by atoms with Crippen molar-refractivity contribution < 1.29 is 0 Å². The van der Waals surface area contributed by atoms with Crippen molar-refractivity contribution in [3.05, 3.63) is 35.3 Å². The number of aryl methyl sites for hydroxylation is 1. The molecule has 0 saturated carbocycles. The minimum absolute atomic E-state index is 0.811. The number of nitrogen functional groups attached to an aromatic ring is 1. The van der Waals surface area contributed by atoms with Gasteiger partial charge in [-0.15, -0.1) is 22.7 Å². The first-order valence-corrected chi connectivity index (χ1v) is 7.62. The van der Waals surface area contributed by atoms with Crippen LogP contribution in [0.3, 0.4) is 0 Å². The molecule has 86 valence electrons. The van der Waals surface area contributed by atoms with E-state index in [0.29, 0.717) is 0 Å². The van der Waals surface area contributed by atoms with Crippen LogP contribution in [-0.2, 0) is 0 Å². The second-order valence-electron chi connectivity index (χ2n) is 3.61. The molecule has 0 amide bonds. The molecule has 0 fully saturated rings. The minimum atomic E-state index is 0.811. The van der Waals surface area contributed by atoms with Gasteiger partial charge in [0.05, 0.1) is 10.6 Å². The third-order valence-corrected chi connectivity index (χ3v) is 5.72. The Bertz CT molecular complexity index is 615. The second kappa shape index (κ2) is 4.25. The van der Waals surface area contributed by atoms with Gasteiger partial charge in [-0.05, 0) is 30.5 Å². The van der Waals surface area contributed by atoms with Crippen molar-refractivity contribution >= 4 is 39.0 Å². The Kier molecular flexibility index (Phi) is 2.74. The summed E-state index contributed by atoms with van der Waals surface area (Å²) in [4.78, 5) is 8.28. The summed E-state index contributed by atoms with van der Waals surface area (Å²) < 4.78 is 0. The fraction of sp³-hybridized carbons (Fsp3) is 0.0833. The van der Waals surface area contributed by atoms with Gasteiger partial charge < -0.3 is 5.73 Å². The number of rotatable bonds is 2. The molecular weight excluding hydrogens is 268 g/mol. The third kappa shape index (κ3) is 2.01. The zero-order valence-corrected chi connectivity index (χ0v) is 11.6. The van der Waals surface area contributed by atoms with E-state index in [0.717, 1.165) is 15.7 Å². The van der Waals surface area contributed by atoms with Gasteiger partial charge in [0.25, 0.3) is 0 Å². The van der Waals surface area contributed by atoms with Crippen LogP contribution in [0.15, 0.2) is 29.6 Å². The first kappa shape index (κ1) is 11.0. The van der Waals surface area contributed by atoms with Gasteiger partial charge in [-0.1, -0.05) is 17.4 Å². The Balaban J connectivity index is 2.00. The average molecular weight is 278 g/mol. The van der Waals surface area contributed by atoms with Crippen LogP contribution in [-0.4, -0.2) is 4.98 Å². The normalized spacial score (nSPS) is 10.9. The summed E-state index contributed by atoms with van der Waals surface area (Å²) in [6, 6.07) is 8.49. The van der Waals surface area contributed by atoms with E-state index < -0.39 is 0 Å². The lowest BCUT2D eigenvalue weighted by Crippen LogP contribution is -1.81. The van der Waals surface area contributed by atoms with Crippen LogP contribution < -0.4 is 5.73 Å². The first-order chi connectivity index (χ1) is 8.24. The summed E-state index contributed by atoms with van der Waals surface area (Å²) in [5, 5.41) is 3.93. The van der Waals surface area contributed by atoms with Crippen LogP contribution in [0.25, 0.3) is 19.6 Å². The maximum Gasteiger partial charge on any atom is 0.135 e. The molecule has 0 aliphatic heterocycles. The molecule has 2 nitrogen and oxygen atoms in total. The zero-order valence-electron chi connectivity index (χ0n) is 9.14. The van der Waals surface area contributed by atoms with Crippen molar-refractivity contribution in [2.24, 2.45) is 0 Å². The summed E-state index contributed by atoms with van der Waals surface area (Å²) in [5.74, 6) is 0. The summed E-state index contributed by atoms with van der Waals surface area (Å²) in [5.41, 5.74) is 6.77. The molecule has 0 saturated heterocycles. The number of aromatic nitrogens is 1. The maximum absolute atomic E-state index is 5.84. The standard InChI is InChI=1S/C12H10N2S3/c1-7-11(13)17-12(14-7)10-5-4-9(16-10)8-3-2-6-15-8/h2-6H,13H2,1H3. The molecule has 0 atom stereocenters. The summed E-state index contributed by atoms with van der Waals surface area (Å²) in [6.45, 7) is 1.95. The molecule has 3 rings (SSSR count). The number of nitrogens with two attached hydrogens (primary N) is 1. The highest BCUT2D eigenvalue weighted by atomic mass is 32.1. The molecule has 3 aromatic heterocycles. The van der Waals surface area contributed by atoms with Crippen molar-refractivity contribution in [3.8, 4) is 19.6 Å². The molecular formula is C12H10N2S3. The molecule has 0 unspecified atom stereocenters. The Hall–Kier alpha value is -1.17. The highest BCUT2D eigenvalue weighted by Gasteiger charge is 2.10. The Morgan fingerprint density at radius 3 is 2.53 bits per heavy atom. The van der Waals surface area contributed by atoms with E-state index in [1.54, 1.807) is 34.0 Å². The van der Waals surface area contributed by atoms with Crippen LogP contribution >= 0.6 is 34.0 Å². The smallest absolute Gasteiger partial charge is 0.135 e. The summed E-state index contributed by atoms with van der Waals surface area (Å²) in [6.07, 6.45) is 0. The number of nitrogens with zero attached hydrogens (tertiary/aromatic N) is 1. The monoisotopic (exact) mass is 278 g/mol. The number of thiophene rings is 2. The quantitative estimate of drug-likeness (QED) is 0.750. The summed E-state index contributed by atoms with van der Waals surface area (Å²) in [7, 11) is 0. The maximum atomic E-state index is 5.84. The van der Waals surface area contributed by atoms with Gasteiger partial charge in [-0.2, -0.15) is 0 Å². The predicted molar refractivity (Wildman–Crippen MR) is 77.9 cm³/mol. The highest BCUT2D eigenvalue weighted by Crippen LogP contribution is 2.39. The van der Waals surface area contributed by atoms with Gasteiger partial charge >= 0.3 is 0 Å². The zero-order chi connectivity index (χ0) is 11.8. The molecule has 3 aromatic rings. The van der Waals surface area contributed by atoms with E-state index in [4.69, 9.17) is 5.73 Å². The molecule has 0 aliphatic carbocycles. The molecule has 0 bridgehead atoms. The second-order valence-corrected chi connectivity index (χ2v) is 6.67. The van der Waals surface area contributed by atoms with Gasteiger partial charge in [0.1, 0.15) is 10.0 Å². The molecule has 0 aliphatic rings. The molecule has 3 heterocycles. The fourth-order valence-corrected chi connectivity index (χ4v) is 4.25. The number of hydrogen-bond acceptors (Lipinski definition) is 5. The van der Waals surface area contributed by atoms with Crippen LogP contribution in [0.2, 0.25) is 0 Å². The van der Waals surface area contributed by atoms with E-state index in [1.165, 1.54) is 14.6 Å². The van der Waals surface area contributed by atoms with Crippen molar-refractivity contribution in [1.82, 2.24) is 4.98 Å². The van der Waals surface area contributed by atoms with E-state index in [2.05, 4.69) is 34.6 Å². The number of hydrogen-bond donors (Lipinski definition) is 1. The average Bonchev–Trinajstić information content (AvgIpc) is 3.00. The lowest BCUT2D eigenvalue weighted by Gasteiger charge is -1.89. The number of anilines is 1. The molecule has 0 aromatic carbocycles. The highest BCUT2D eigenvalue weighted by molar-refractivity contribution is 7.26. The lowest BCUT2D eigenvalue weighted by atomic mass is 10.4. The van der Waals surface area contributed by atoms with Gasteiger partial charge in [0, 0.05) is 9.75 Å². The number of thiazole rings is 1. The topological polar surface area (TPSA) is 38.9 Å². The Labute approximate surface area is 111 Å². The largest absolute Gasteiger partial charge is 0.389 e. The van der Waals surface area contributed by atoms with Crippen LogP contribution in [0, 0.1) is 6.92 Å².